The van der Waals surface area contributed by atoms with Gasteiger partial charge in [0.25, 0.3) is 0 Å². The Kier molecular flexibility index (Phi) is 14.4. The normalized spacial score (nSPS) is 11.1. The predicted molar refractivity (Wildman–Crippen MR) is 328 cm³/mol. The minimum atomic E-state index is 0. The Morgan fingerprint density at radius 2 is 0.812 bits per heavy atom. The number of nitrogens with zero attached hydrogens (tertiary/aromatic N) is 3. The van der Waals surface area contributed by atoms with Crippen molar-refractivity contribution in [1.82, 2.24) is 15.0 Å². The van der Waals surface area contributed by atoms with Gasteiger partial charge in [0.1, 0.15) is 0 Å². The van der Waals surface area contributed by atoms with Crippen LogP contribution >= 0.6 is 0 Å². The number of fused-ring (bicyclic) bond motifs is 1. The molecule has 80 heavy (non-hydrogen) atoms. The minimum Gasteiger partial charge on any atom is -0.305 e. The van der Waals surface area contributed by atoms with Gasteiger partial charge in [-0.2, -0.15) is 0 Å². The van der Waals surface area contributed by atoms with Gasteiger partial charge in [-0.3, -0.25) is 4.98 Å². The number of para-hydroxylation sites is 1. The topological polar surface area (TPSA) is 38.7 Å². The first-order valence-corrected chi connectivity index (χ1v) is 26.8. The molecular formula is C76H52IrN3. The van der Waals surface area contributed by atoms with Crippen LogP contribution in [0, 0.1) is 39.0 Å². The molecular weight excluding hydrogens is 1150 g/mol. The molecule has 0 atom stereocenters. The molecule has 0 spiro atoms. The molecule has 0 saturated carbocycles. The fourth-order valence-electron chi connectivity index (χ4n) is 10.9. The monoisotopic (exact) mass is 1200 g/mol. The van der Waals surface area contributed by atoms with Gasteiger partial charge in [-0.25, -0.2) is 0 Å². The number of rotatable bonds is 11. The van der Waals surface area contributed by atoms with Crippen LogP contribution in [0.25, 0.3) is 134 Å². The van der Waals surface area contributed by atoms with E-state index >= 15 is 0 Å². The van der Waals surface area contributed by atoms with Crippen LogP contribution in [0.1, 0.15) is 16.7 Å². The van der Waals surface area contributed by atoms with Crippen molar-refractivity contribution in [2.75, 3.05) is 0 Å². The van der Waals surface area contributed by atoms with Crippen LogP contribution in [-0.4, -0.2) is 15.0 Å². The van der Waals surface area contributed by atoms with E-state index in [4.69, 9.17) is 9.97 Å². The molecule has 3 aromatic heterocycles. The van der Waals surface area contributed by atoms with Gasteiger partial charge in [-0.1, -0.05) is 214 Å². The van der Waals surface area contributed by atoms with Gasteiger partial charge in [0.15, 0.2) is 0 Å². The zero-order chi connectivity index (χ0) is 53.2. The van der Waals surface area contributed by atoms with Gasteiger partial charge in [0, 0.05) is 17.8 Å². The van der Waals surface area contributed by atoms with Crippen LogP contribution in [0.4, 0.5) is 0 Å². The molecule has 0 aliphatic heterocycles. The van der Waals surface area contributed by atoms with Crippen molar-refractivity contribution < 1.29 is 20.1 Å². The van der Waals surface area contributed by atoms with Crippen LogP contribution in [-0.2, 0) is 20.1 Å². The predicted octanol–water partition coefficient (Wildman–Crippen LogP) is 19.7. The first-order chi connectivity index (χ1) is 38.9. The quantitative estimate of drug-likeness (QED) is 0.121. The molecule has 13 rings (SSSR count). The van der Waals surface area contributed by atoms with Gasteiger partial charge < -0.3 is 9.97 Å². The second kappa shape index (κ2) is 22.5. The average Bonchev–Trinajstić information content (AvgIpc) is 3.53. The Bertz CT molecular complexity index is 4360. The Morgan fingerprint density at radius 1 is 0.300 bits per heavy atom. The molecule has 4 heteroatoms. The number of hydrogen-bond donors (Lipinski definition) is 0. The van der Waals surface area contributed by atoms with E-state index in [1.165, 1.54) is 22.3 Å². The van der Waals surface area contributed by atoms with E-state index in [0.29, 0.717) is 0 Å². The molecule has 0 unspecified atom stereocenters. The molecule has 0 N–H and O–H groups in total. The molecule has 3 heterocycles. The SMILES string of the molecule is Cc1ccc(-c2[c-]cc(-c3ccccc3-c3cc(-c4ccccc4-c4c[c-]c(-c5cc(C)ccn5)cc4)cc(-c4ccccc4-c4c[c-]c(-c5cc(C)c6ccccc6n5)cc4-c4ccc(-c5ccccc5)cc4)c3)cc2)nc1.[Ir+3]. The molecule has 0 radical (unpaired) electrons. The first-order valence-electron chi connectivity index (χ1n) is 26.8. The van der Waals surface area contributed by atoms with Crippen molar-refractivity contribution in [3.05, 3.63) is 296 Å². The fraction of sp³-hybridized carbons (Fsp3) is 0.0395. The third kappa shape index (κ3) is 10.4. The summed E-state index contributed by atoms with van der Waals surface area (Å²) < 4.78 is 0. The number of pyridine rings is 3. The van der Waals surface area contributed by atoms with Crippen molar-refractivity contribution in [1.29, 1.82) is 0 Å². The Labute approximate surface area is 482 Å². The smallest absolute Gasteiger partial charge is 0.305 e. The third-order valence-corrected chi connectivity index (χ3v) is 15.0. The number of hydrogen-bond acceptors (Lipinski definition) is 3. The van der Waals surface area contributed by atoms with Gasteiger partial charge in [-0.05, 0) is 129 Å². The van der Waals surface area contributed by atoms with E-state index in [1.54, 1.807) is 0 Å². The maximum atomic E-state index is 5.20. The third-order valence-electron chi connectivity index (χ3n) is 15.0. The van der Waals surface area contributed by atoms with E-state index in [2.05, 4.69) is 287 Å². The summed E-state index contributed by atoms with van der Waals surface area (Å²) in [6, 6.07) is 99.9. The summed E-state index contributed by atoms with van der Waals surface area (Å²) in [5.74, 6) is 0. The number of benzene rings is 10. The second-order valence-corrected chi connectivity index (χ2v) is 20.3. The van der Waals surface area contributed by atoms with E-state index in [-0.39, 0.29) is 20.1 Å². The number of aryl methyl sites for hydroxylation is 3. The summed E-state index contributed by atoms with van der Waals surface area (Å²) in [5, 5.41) is 1.15. The van der Waals surface area contributed by atoms with Crippen molar-refractivity contribution in [3.8, 4) is 123 Å². The van der Waals surface area contributed by atoms with E-state index in [0.717, 1.165) is 128 Å². The summed E-state index contributed by atoms with van der Waals surface area (Å²) in [5.41, 5.74) is 27.8. The Morgan fingerprint density at radius 3 is 1.40 bits per heavy atom. The van der Waals surface area contributed by atoms with Gasteiger partial charge in [0.05, 0.1) is 5.52 Å². The maximum absolute atomic E-state index is 5.20. The standard InChI is InChI=1S/C76H52N3.Ir/c1-50-41-42-77-75(43-50)59-36-32-56(33-37-59)66-19-8-10-21-68(66)62-45-61(67-20-9-7-18-65(67)55-30-34-58(35-31-55)73-40-25-51(2)49-78-73)46-63(47-62)69-22-11-12-23-70(69)71-39-38-60(76-44-52(3)64-17-13-14-24-74(64)79-76)48-72(71)57-28-26-54(27-29-57)53-15-5-4-6-16-53;/h4-34,36,39-49H,1-3H3;/q-3;+3. The molecule has 380 valence electrons. The molecule has 3 nitrogen and oxygen atoms in total. The molecule has 10 aromatic carbocycles. The molecule has 0 aliphatic rings. The van der Waals surface area contributed by atoms with Crippen molar-refractivity contribution >= 4 is 10.9 Å². The molecule has 0 saturated heterocycles. The van der Waals surface area contributed by atoms with Gasteiger partial charge in [-0.15, -0.1) is 83.4 Å². The van der Waals surface area contributed by atoms with E-state index in [9.17, 15) is 0 Å². The van der Waals surface area contributed by atoms with Crippen LogP contribution in [0.5, 0.6) is 0 Å². The zero-order valence-electron chi connectivity index (χ0n) is 44.5. The average molecular weight is 1200 g/mol. The van der Waals surface area contributed by atoms with E-state index in [1.807, 2.05) is 18.5 Å². The van der Waals surface area contributed by atoms with Crippen LogP contribution in [0.3, 0.4) is 0 Å². The van der Waals surface area contributed by atoms with Gasteiger partial charge in [0.2, 0.25) is 0 Å². The molecule has 0 bridgehead atoms. The van der Waals surface area contributed by atoms with Crippen LogP contribution in [0.15, 0.2) is 261 Å². The van der Waals surface area contributed by atoms with Crippen molar-refractivity contribution in [3.63, 3.8) is 0 Å². The van der Waals surface area contributed by atoms with Crippen molar-refractivity contribution in [2.45, 2.75) is 20.8 Å². The fourth-order valence-corrected chi connectivity index (χ4v) is 10.9. The Balaban J connectivity index is 0.00000637. The first kappa shape index (κ1) is 51.3. The summed E-state index contributed by atoms with van der Waals surface area (Å²) in [6.07, 6.45) is 3.77. The van der Waals surface area contributed by atoms with Gasteiger partial charge >= 0.3 is 20.1 Å². The van der Waals surface area contributed by atoms with Crippen LogP contribution in [0.2, 0.25) is 0 Å². The minimum absolute atomic E-state index is 0. The van der Waals surface area contributed by atoms with Crippen molar-refractivity contribution in [2.24, 2.45) is 0 Å². The summed E-state index contributed by atoms with van der Waals surface area (Å²) in [4.78, 5) is 14.6. The summed E-state index contributed by atoms with van der Waals surface area (Å²) in [7, 11) is 0. The largest absolute Gasteiger partial charge is 3.00 e. The van der Waals surface area contributed by atoms with Crippen LogP contribution < -0.4 is 0 Å². The molecule has 13 aromatic rings. The summed E-state index contributed by atoms with van der Waals surface area (Å²) >= 11 is 0. The number of aromatic nitrogens is 3. The molecule has 0 aliphatic carbocycles. The molecule has 0 fully saturated rings. The molecule has 0 amide bonds. The maximum Gasteiger partial charge on any atom is 3.00 e. The Hall–Kier alpha value is -9.44. The second-order valence-electron chi connectivity index (χ2n) is 20.3. The zero-order valence-corrected chi connectivity index (χ0v) is 46.9. The summed E-state index contributed by atoms with van der Waals surface area (Å²) in [6.45, 7) is 6.32. The van der Waals surface area contributed by atoms with E-state index < -0.39 is 0 Å².